The Hall–Kier alpha value is -5.40. The molecule has 4 aromatic heterocycles. The fraction of sp³-hybridized carbons (Fsp3) is 0.0667. The van der Waals surface area contributed by atoms with Crippen molar-refractivity contribution in [3.8, 4) is 17.5 Å². The second-order valence-electron chi connectivity index (χ2n) is 8.92. The minimum atomic E-state index is -0.685. The van der Waals surface area contributed by atoms with E-state index in [1.54, 1.807) is 55.3 Å². The van der Waals surface area contributed by atoms with Gasteiger partial charge in [-0.3, -0.25) is 24.1 Å². The van der Waals surface area contributed by atoms with E-state index in [1.165, 1.54) is 15.9 Å². The van der Waals surface area contributed by atoms with Gasteiger partial charge in [0.25, 0.3) is 11.5 Å². The van der Waals surface area contributed by atoms with E-state index in [4.69, 9.17) is 10.7 Å². The van der Waals surface area contributed by atoms with E-state index in [0.717, 1.165) is 4.88 Å². The Labute approximate surface area is 232 Å². The number of carbonyl (C=O) groups excluding carboxylic acids is 1. The maximum Gasteiger partial charge on any atom is 0.267 e. The topological polar surface area (TPSA) is 129 Å². The number of nitrogens with two attached hydrogens (primary N) is 1. The fourth-order valence-electron chi connectivity index (χ4n) is 4.49. The summed E-state index contributed by atoms with van der Waals surface area (Å²) in [6, 6.07) is 17.4. The van der Waals surface area contributed by atoms with Gasteiger partial charge in [0, 0.05) is 23.3 Å². The van der Waals surface area contributed by atoms with Gasteiger partial charge in [0.1, 0.15) is 17.2 Å². The Morgan fingerprint density at radius 1 is 1.02 bits per heavy atom. The summed E-state index contributed by atoms with van der Waals surface area (Å²) in [6.45, 7) is 1.76. The highest BCUT2D eigenvalue weighted by Crippen LogP contribution is 2.23. The van der Waals surface area contributed by atoms with Gasteiger partial charge in [-0.25, -0.2) is 9.97 Å². The molecule has 0 fully saturated rings. The van der Waals surface area contributed by atoms with Crippen LogP contribution in [0, 0.1) is 11.8 Å². The lowest BCUT2D eigenvalue weighted by Crippen LogP contribution is -2.34. The summed E-state index contributed by atoms with van der Waals surface area (Å²) in [7, 11) is 0. The molecule has 0 bridgehead atoms. The molecule has 1 atom stereocenters. The van der Waals surface area contributed by atoms with Crippen molar-refractivity contribution in [2.24, 2.45) is 0 Å². The Balaban J connectivity index is 1.49. The number of amides is 1. The van der Waals surface area contributed by atoms with E-state index in [9.17, 15) is 9.59 Å². The maximum atomic E-state index is 14.1. The molecule has 3 N–H and O–H groups in total. The molecule has 0 aliphatic heterocycles. The summed E-state index contributed by atoms with van der Waals surface area (Å²) in [6.07, 6.45) is 4.85. The van der Waals surface area contributed by atoms with Crippen molar-refractivity contribution >= 4 is 44.9 Å². The normalized spacial score (nSPS) is 11.6. The van der Waals surface area contributed by atoms with Gasteiger partial charge >= 0.3 is 0 Å². The zero-order valence-corrected chi connectivity index (χ0v) is 22.0. The van der Waals surface area contributed by atoms with Crippen molar-refractivity contribution in [3.63, 3.8) is 0 Å². The highest BCUT2D eigenvalue weighted by molar-refractivity contribution is 7.10. The molecular formula is C30H21N7O2S. The standard InChI is InChI=1S/C30H21N7O2S/c1-18(35-29(38)25-26-20(8-6-14-33-26)15-34-27(25)31)28-36-23-11-5-7-19(12-13-22-16-32-17-40-22)24(23)30(39)37(28)21-9-3-2-4-10-21/h2-11,14-18H,1H3,(H2,31,34)(H,35,38)/t18-/m0/s1. The molecule has 0 saturated carbocycles. The largest absolute Gasteiger partial charge is 0.383 e. The van der Waals surface area contributed by atoms with Gasteiger partial charge in [0.2, 0.25) is 0 Å². The molecule has 6 rings (SSSR count). The Morgan fingerprint density at radius 2 is 1.88 bits per heavy atom. The van der Waals surface area contributed by atoms with Crippen LogP contribution in [-0.2, 0) is 0 Å². The summed E-state index contributed by atoms with van der Waals surface area (Å²) in [4.78, 5) is 45.8. The SMILES string of the molecule is C[C@H](NC(=O)c1c(N)ncc2cccnc12)c1nc2cccc(C#Cc3cncs3)c2c(=O)n1-c1ccccc1. The molecule has 0 aliphatic rings. The number of para-hydroxylation sites is 1. The number of aromatic nitrogens is 5. The van der Waals surface area contributed by atoms with Crippen molar-refractivity contribution < 1.29 is 4.79 Å². The second kappa shape index (κ2) is 10.4. The minimum absolute atomic E-state index is 0.0620. The molecular weight excluding hydrogens is 522 g/mol. The smallest absolute Gasteiger partial charge is 0.267 e. The van der Waals surface area contributed by atoms with Gasteiger partial charge in [0.15, 0.2) is 0 Å². The second-order valence-corrected chi connectivity index (χ2v) is 9.80. The van der Waals surface area contributed by atoms with Crippen LogP contribution in [0.3, 0.4) is 0 Å². The van der Waals surface area contributed by atoms with Crippen LogP contribution in [0.5, 0.6) is 0 Å². The molecule has 194 valence electrons. The number of nitrogens with zero attached hydrogens (tertiary/aromatic N) is 5. The van der Waals surface area contributed by atoms with Crippen LogP contribution in [0.25, 0.3) is 27.5 Å². The lowest BCUT2D eigenvalue weighted by molar-refractivity contribution is 0.0940. The summed E-state index contributed by atoms with van der Waals surface area (Å²) >= 11 is 1.42. The number of fused-ring (bicyclic) bond motifs is 2. The van der Waals surface area contributed by atoms with Crippen molar-refractivity contribution in [3.05, 3.63) is 117 Å². The highest BCUT2D eigenvalue weighted by atomic mass is 32.1. The third-order valence-corrected chi connectivity index (χ3v) is 7.02. The quantitative estimate of drug-likeness (QED) is 0.318. The molecule has 0 unspecified atom stereocenters. The number of carbonyl (C=O) groups is 1. The molecule has 0 radical (unpaired) electrons. The van der Waals surface area contributed by atoms with Gasteiger partial charge in [-0.1, -0.05) is 30.2 Å². The molecule has 10 heteroatoms. The number of hydrogen-bond acceptors (Lipinski definition) is 8. The zero-order valence-electron chi connectivity index (χ0n) is 21.2. The van der Waals surface area contributed by atoms with Crippen LogP contribution >= 0.6 is 11.3 Å². The number of nitrogen functional groups attached to an aromatic ring is 1. The monoisotopic (exact) mass is 543 g/mol. The average Bonchev–Trinajstić information content (AvgIpc) is 3.50. The van der Waals surface area contributed by atoms with Gasteiger partial charge in [-0.2, -0.15) is 0 Å². The first-order chi connectivity index (χ1) is 19.5. The van der Waals surface area contributed by atoms with E-state index in [1.807, 2.05) is 36.4 Å². The predicted octanol–water partition coefficient (Wildman–Crippen LogP) is 4.26. The van der Waals surface area contributed by atoms with Crippen molar-refractivity contribution in [1.29, 1.82) is 0 Å². The highest BCUT2D eigenvalue weighted by Gasteiger charge is 2.23. The number of hydrogen-bond donors (Lipinski definition) is 2. The van der Waals surface area contributed by atoms with Crippen LogP contribution in [0.1, 0.15) is 39.6 Å². The third kappa shape index (κ3) is 4.55. The molecule has 0 saturated heterocycles. The van der Waals surface area contributed by atoms with Crippen LogP contribution < -0.4 is 16.6 Å². The molecule has 0 spiro atoms. The molecule has 2 aromatic carbocycles. The third-order valence-electron chi connectivity index (χ3n) is 6.33. The van der Waals surface area contributed by atoms with Crippen LogP contribution in [0.15, 0.2) is 89.6 Å². The van der Waals surface area contributed by atoms with Crippen LogP contribution in [0.4, 0.5) is 5.82 Å². The number of pyridine rings is 2. The number of anilines is 1. The first-order valence-electron chi connectivity index (χ1n) is 12.3. The van der Waals surface area contributed by atoms with Crippen molar-refractivity contribution in [2.75, 3.05) is 5.73 Å². The maximum absolute atomic E-state index is 14.1. The molecule has 4 heterocycles. The lowest BCUT2D eigenvalue weighted by atomic mass is 10.1. The van der Waals surface area contributed by atoms with E-state index in [0.29, 0.717) is 38.9 Å². The van der Waals surface area contributed by atoms with Gasteiger partial charge in [-0.15, -0.1) is 11.3 Å². The summed E-state index contributed by atoms with van der Waals surface area (Å²) in [5.41, 5.74) is 9.75. The summed E-state index contributed by atoms with van der Waals surface area (Å²) < 4.78 is 1.51. The van der Waals surface area contributed by atoms with Gasteiger partial charge in [0.05, 0.1) is 44.7 Å². The molecule has 6 aromatic rings. The van der Waals surface area contributed by atoms with E-state index in [2.05, 4.69) is 32.1 Å². The molecule has 1 amide bonds. The van der Waals surface area contributed by atoms with Crippen molar-refractivity contribution in [1.82, 2.24) is 29.8 Å². The minimum Gasteiger partial charge on any atom is -0.383 e. The number of benzene rings is 2. The predicted molar refractivity (Wildman–Crippen MR) is 155 cm³/mol. The van der Waals surface area contributed by atoms with Gasteiger partial charge < -0.3 is 11.1 Å². The number of thiazole rings is 1. The van der Waals surface area contributed by atoms with E-state index < -0.39 is 11.9 Å². The van der Waals surface area contributed by atoms with Crippen LogP contribution in [-0.4, -0.2) is 30.4 Å². The average molecular weight is 544 g/mol. The van der Waals surface area contributed by atoms with Crippen LogP contribution in [0.2, 0.25) is 0 Å². The lowest BCUT2D eigenvalue weighted by Gasteiger charge is -2.20. The number of nitrogens with one attached hydrogen (secondary N) is 1. The molecule has 40 heavy (non-hydrogen) atoms. The Kier molecular flexibility index (Phi) is 6.48. The number of rotatable bonds is 4. The van der Waals surface area contributed by atoms with Crippen molar-refractivity contribution in [2.45, 2.75) is 13.0 Å². The zero-order chi connectivity index (χ0) is 27.6. The van der Waals surface area contributed by atoms with E-state index >= 15 is 0 Å². The van der Waals surface area contributed by atoms with E-state index in [-0.39, 0.29) is 16.9 Å². The molecule has 0 aliphatic carbocycles. The first kappa shape index (κ1) is 24.9. The summed E-state index contributed by atoms with van der Waals surface area (Å²) in [5, 5.41) is 4.02. The Bertz CT molecular complexity index is 2010. The van der Waals surface area contributed by atoms with Gasteiger partial charge in [-0.05, 0) is 49.2 Å². The first-order valence-corrected chi connectivity index (χ1v) is 13.2. The Morgan fingerprint density at radius 3 is 2.67 bits per heavy atom. The fourth-order valence-corrected chi connectivity index (χ4v) is 4.95. The molecule has 9 nitrogen and oxygen atoms in total. The summed E-state index contributed by atoms with van der Waals surface area (Å²) in [5.74, 6) is 6.12.